The van der Waals surface area contributed by atoms with Crippen LogP contribution in [0.5, 0.6) is 0 Å². The van der Waals surface area contributed by atoms with E-state index in [-0.39, 0.29) is 17.8 Å². The molecule has 1 aromatic rings. The summed E-state index contributed by atoms with van der Waals surface area (Å²) in [5.74, 6) is 1.35. The molecule has 0 aromatic carbocycles. The summed E-state index contributed by atoms with van der Waals surface area (Å²) in [5.41, 5.74) is 0. The molecule has 156 valence electrons. The number of piperidine rings is 1. The second kappa shape index (κ2) is 10.1. The fourth-order valence-corrected chi connectivity index (χ4v) is 4.22. The minimum Gasteiger partial charge on any atom is -0.376 e. The van der Waals surface area contributed by atoms with Crippen molar-refractivity contribution in [1.29, 1.82) is 0 Å². The SMILES string of the molecule is CCNC(=O)NC(=O)CSc1nnc(N2CCC(C)CC2)n1C[C@H]1CCCO1. The number of nitrogens with zero attached hydrogens (tertiary/aromatic N) is 4. The average molecular weight is 411 g/mol. The van der Waals surface area contributed by atoms with Crippen molar-refractivity contribution in [2.75, 3.05) is 36.9 Å². The second-order valence-electron chi connectivity index (χ2n) is 7.39. The minimum atomic E-state index is -0.475. The molecule has 3 rings (SSSR count). The molecule has 10 heteroatoms. The lowest BCUT2D eigenvalue weighted by Gasteiger charge is -2.31. The first kappa shape index (κ1) is 20.9. The zero-order chi connectivity index (χ0) is 19.9. The Morgan fingerprint density at radius 2 is 2.04 bits per heavy atom. The van der Waals surface area contributed by atoms with Gasteiger partial charge in [0.25, 0.3) is 0 Å². The second-order valence-corrected chi connectivity index (χ2v) is 8.34. The average Bonchev–Trinajstić information content (AvgIpc) is 3.31. The van der Waals surface area contributed by atoms with E-state index >= 15 is 0 Å². The number of imide groups is 1. The summed E-state index contributed by atoms with van der Waals surface area (Å²) in [6.07, 6.45) is 4.54. The van der Waals surface area contributed by atoms with Crippen molar-refractivity contribution in [2.24, 2.45) is 5.92 Å². The molecular formula is C18H30N6O3S. The number of amides is 3. The number of ether oxygens (including phenoxy) is 1. The molecule has 0 radical (unpaired) electrons. The van der Waals surface area contributed by atoms with Crippen molar-refractivity contribution in [3.8, 4) is 0 Å². The molecule has 1 atom stereocenters. The first-order valence-corrected chi connectivity index (χ1v) is 11.1. The first-order valence-electron chi connectivity index (χ1n) is 10.1. The van der Waals surface area contributed by atoms with Gasteiger partial charge in [-0.1, -0.05) is 18.7 Å². The molecule has 2 aliphatic rings. The zero-order valence-corrected chi connectivity index (χ0v) is 17.5. The van der Waals surface area contributed by atoms with Crippen LogP contribution < -0.4 is 15.5 Å². The number of thioether (sulfide) groups is 1. The summed E-state index contributed by atoms with van der Waals surface area (Å²) in [6, 6.07) is -0.475. The van der Waals surface area contributed by atoms with Gasteiger partial charge in [0.2, 0.25) is 11.9 Å². The van der Waals surface area contributed by atoms with Crippen LogP contribution in [0.2, 0.25) is 0 Å². The summed E-state index contributed by atoms with van der Waals surface area (Å²) in [4.78, 5) is 25.8. The third-order valence-electron chi connectivity index (χ3n) is 5.10. The number of hydrogen-bond acceptors (Lipinski definition) is 7. The van der Waals surface area contributed by atoms with E-state index < -0.39 is 6.03 Å². The third kappa shape index (κ3) is 5.60. The lowest BCUT2D eigenvalue weighted by molar-refractivity contribution is -0.117. The van der Waals surface area contributed by atoms with Crippen molar-refractivity contribution < 1.29 is 14.3 Å². The number of urea groups is 1. The molecule has 1 aromatic heterocycles. The maximum Gasteiger partial charge on any atom is 0.321 e. The van der Waals surface area contributed by atoms with Crippen molar-refractivity contribution >= 4 is 29.6 Å². The van der Waals surface area contributed by atoms with Crippen LogP contribution in [0.15, 0.2) is 5.16 Å². The molecule has 3 amide bonds. The van der Waals surface area contributed by atoms with E-state index in [1.54, 1.807) is 6.92 Å². The number of anilines is 1. The van der Waals surface area contributed by atoms with Gasteiger partial charge in [-0.3, -0.25) is 14.7 Å². The number of nitrogens with one attached hydrogen (secondary N) is 2. The van der Waals surface area contributed by atoms with Gasteiger partial charge in [-0.05, 0) is 38.5 Å². The number of hydrogen-bond donors (Lipinski definition) is 2. The van der Waals surface area contributed by atoms with Crippen LogP contribution in [0.3, 0.4) is 0 Å². The molecule has 3 heterocycles. The topological polar surface area (TPSA) is 101 Å². The Bertz CT molecular complexity index is 668. The fourth-order valence-electron chi connectivity index (χ4n) is 3.48. The highest BCUT2D eigenvalue weighted by Crippen LogP contribution is 2.27. The lowest BCUT2D eigenvalue weighted by Crippen LogP contribution is -2.40. The Morgan fingerprint density at radius 1 is 1.25 bits per heavy atom. The highest BCUT2D eigenvalue weighted by atomic mass is 32.2. The van der Waals surface area contributed by atoms with Crippen LogP contribution in [-0.4, -0.2) is 64.8 Å². The molecule has 0 spiro atoms. The lowest BCUT2D eigenvalue weighted by atomic mass is 10.00. The summed E-state index contributed by atoms with van der Waals surface area (Å²) < 4.78 is 7.89. The Kier molecular flexibility index (Phi) is 7.55. The molecule has 0 unspecified atom stereocenters. The molecule has 2 aliphatic heterocycles. The van der Waals surface area contributed by atoms with Gasteiger partial charge in [-0.25, -0.2) is 4.79 Å². The summed E-state index contributed by atoms with van der Waals surface area (Å²) in [5, 5.41) is 14.3. The van der Waals surface area contributed by atoms with Crippen LogP contribution in [0.1, 0.15) is 39.5 Å². The van der Waals surface area contributed by atoms with E-state index in [2.05, 4.69) is 37.2 Å². The first-order chi connectivity index (χ1) is 13.6. The van der Waals surface area contributed by atoms with Crippen molar-refractivity contribution in [3.05, 3.63) is 0 Å². The van der Waals surface area contributed by atoms with E-state index in [1.165, 1.54) is 11.8 Å². The van der Waals surface area contributed by atoms with Gasteiger partial charge < -0.3 is 15.0 Å². The summed E-state index contributed by atoms with van der Waals surface area (Å²) >= 11 is 1.30. The number of rotatable bonds is 7. The maximum atomic E-state index is 12.0. The molecule has 0 saturated carbocycles. The largest absolute Gasteiger partial charge is 0.376 e. The summed E-state index contributed by atoms with van der Waals surface area (Å²) in [7, 11) is 0. The van der Waals surface area contributed by atoms with Crippen LogP contribution in [0, 0.1) is 5.92 Å². The summed E-state index contributed by atoms with van der Waals surface area (Å²) in [6.45, 7) is 7.97. The predicted octanol–water partition coefficient (Wildman–Crippen LogP) is 1.63. The molecule has 0 aliphatic carbocycles. The Labute approximate surface area is 170 Å². The molecule has 2 fully saturated rings. The standard InChI is InChI=1S/C18H30N6O3S/c1-3-19-16(26)20-15(25)12-28-18-22-21-17(23-8-6-13(2)7-9-23)24(18)11-14-5-4-10-27-14/h13-14H,3-12H2,1-2H3,(H2,19,20,25,26)/t14-/m1/s1. The van der Waals surface area contributed by atoms with Crippen molar-refractivity contribution in [3.63, 3.8) is 0 Å². The molecule has 28 heavy (non-hydrogen) atoms. The van der Waals surface area contributed by atoms with Gasteiger partial charge in [-0.15, -0.1) is 10.2 Å². The number of carbonyl (C=O) groups excluding carboxylic acids is 2. The normalized spacial score (nSPS) is 20.4. The molecule has 0 bridgehead atoms. The minimum absolute atomic E-state index is 0.109. The van der Waals surface area contributed by atoms with Gasteiger partial charge in [-0.2, -0.15) is 0 Å². The van der Waals surface area contributed by atoms with Crippen LogP contribution in [-0.2, 0) is 16.1 Å². The van der Waals surface area contributed by atoms with Gasteiger partial charge in [0, 0.05) is 26.2 Å². The van der Waals surface area contributed by atoms with Gasteiger partial charge in [0.1, 0.15) is 0 Å². The monoisotopic (exact) mass is 410 g/mol. The quantitative estimate of drug-likeness (QED) is 0.659. The zero-order valence-electron chi connectivity index (χ0n) is 16.6. The van der Waals surface area contributed by atoms with E-state index in [0.717, 1.165) is 57.2 Å². The smallest absolute Gasteiger partial charge is 0.321 e. The van der Waals surface area contributed by atoms with Crippen LogP contribution in [0.4, 0.5) is 10.7 Å². The van der Waals surface area contributed by atoms with E-state index in [1.807, 2.05) is 0 Å². The van der Waals surface area contributed by atoms with Gasteiger partial charge in [0.15, 0.2) is 5.16 Å². The fraction of sp³-hybridized carbons (Fsp3) is 0.778. The van der Waals surface area contributed by atoms with E-state index in [0.29, 0.717) is 18.2 Å². The Balaban J connectivity index is 1.67. The van der Waals surface area contributed by atoms with Gasteiger partial charge >= 0.3 is 6.03 Å². The van der Waals surface area contributed by atoms with Crippen LogP contribution >= 0.6 is 11.8 Å². The predicted molar refractivity (Wildman–Crippen MR) is 108 cm³/mol. The van der Waals surface area contributed by atoms with Gasteiger partial charge in [0.05, 0.1) is 18.4 Å². The highest BCUT2D eigenvalue weighted by Gasteiger charge is 2.26. The number of aromatic nitrogens is 3. The van der Waals surface area contributed by atoms with Crippen molar-refractivity contribution in [2.45, 2.75) is 57.3 Å². The Hall–Kier alpha value is -1.81. The Morgan fingerprint density at radius 3 is 2.71 bits per heavy atom. The van der Waals surface area contributed by atoms with E-state index in [9.17, 15) is 9.59 Å². The highest BCUT2D eigenvalue weighted by molar-refractivity contribution is 7.99. The molecular weight excluding hydrogens is 380 g/mol. The molecule has 9 nitrogen and oxygen atoms in total. The maximum absolute atomic E-state index is 12.0. The third-order valence-corrected chi connectivity index (χ3v) is 6.06. The number of carbonyl (C=O) groups is 2. The molecule has 2 saturated heterocycles. The molecule has 2 N–H and O–H groups in total. The van der Waals surface area contributed by atoms with Crippen LogP contribution in [0.25, 0.3) is 0 Å². The van der Waals surface area contributed by atoms with Crippen molar-refractivity contribution in [1.82, 2.24) is 25.4 Å². The van der Waals surface area contributed by atoms with E-state index in [4.69, 9.17) is 4.74 Å².